The number of nitro groups is 1. The van der Waals surface area contributed by atoms with E-state index >= 15 is 0 Å². The van der Waals surface area contributed by atoms with Crippen molar-refractivity contribution in [3.63, 3.8) is 0 Å². The highest BCUT2D eigenvalue weighted by Crippen LogP contribution is 2.24. The van der Waals surface area contributed by atoms with Crippen LogP contribution in [0.3, 0.4) is 0 Å². The molecular formula is C23H21F3N4O3. The van der Waals surface area contributed by atoms with Gasteiger partial charge in [0.1, 0.15) is 6.54 Å². The zero-order valence-electron chi connectivity index (χ0n) is 17.9. The summed E-state index contributed by atoms with van der Waals surface area (Å²) in [5.41, 5.74) is 2.38. The molecule has 7 nitrogen and oxygen atoms in total. The van der Waals surface area contributed by atoms with Gasteiger partial charge in [0.05, 0.1) is 22.8 Å². The molecule has 10 heteroatoms. The van der Waals surface area contributed by atoms with Gasteiger partial charge in [-0.1, -0.05) is 36.4 Å². The van der Waals surface area contributed by atoms with Crippen LogP contribution in [0.15, 0.2) is 60.7 Å². The van der Waals surface area contributed by atoms with Gasteiger partial charge in [-0.3, -0.25) is 14.9 Å². The number of hydrogen-bond donors (Lipinski definition) is 0. The van der Waals surface area contributed by atoms with Crippen LogP contribution in [0.5, 0.6) is 0 Å². The minimum atomic E-state index is -4.67. The fourth-order valence-electron chi connectivity index (χ4n) is 3.43. The van der Waals surface area contributed by atoms with Gasteiger partial charge in [0.15, 0.2) is 0 Å². The highest BCUT2D eigenvalue weighted by atomic mass is 19.4. The van der Waals surface area contributed by atoms with Gasteiger partial charge < -0.3 is 4.90 Å². The van der Waals surface area contributed by atoms with Crippen LogP contribution in [0.2, 0.25) is 0 Å². The number of nitro benzene ring substituents is 1. The number of aromatic nitrogens is 2. The summed E-state index contributed by atoms with van der Waals surface area (Å²) in [4.78, 5) is 23.8. The van der Waals surface area contributed by atoms with Crippen molar-refractivity contribution in [2.75, 3.05) is 6.54 Å². The van der Waals surface area contributed by atoms with Crippen molar-refractivity contribution in [3.8, 4) is 5.69 Å². The molecule has 0 atom stereocenters. The van der Waals surface area contributed by atoms with E-state index in [0.29, 0.717) is 21.9 Å². The van der Waals surface area contributed by atoms with Gasteiger partial charge in [-0.05, 0) is 32.1 Å². The summed E-state index contributed by atoms with van der Waals surface area (Å²) < 4.78 is 41.1. The maximum atomic E-state index is 13.1. The maximum absolute atomic E-state index is 13.1. The summed E-state index contributed by atoms with van der Waals surface area (Å²) in [6, 6.07) is 14.7. The average Bonchev–Trinajstić information content (AvgIpc) is 3.05. The van der Waals surface area contributed by atoms with Crippen molar-refractivity contribution in [2.24, 2.45) is 0 Å². The Labute approximate surface area is 187 Å². The predicted octanol–water partition coefficient (Wildman–Crippen LogP) is 5.00. The molecule has 0 bridgehead atoms. The summed E-state index contributed by atoms with van der Waals surface area (Å²) in [7, 11) is 0. The van der Waals surface area contributed by atoms with E-state index in [0.717, 1.165) is 11.8 Å². The minimum absolute atomic E-state index is 0.0118. The molecule has 0 saturated heterocycles. The zero-order chi connectivity index (χ0) is 24.2. The molecule has 3 rings (SSSR count). The first-order chi connectivity index (χ1) is 15.6. The number of alkyl halides is 3. The van der Waals surface area contributed by atoms with E-state index < -0.39 is 30.1 Å². The van der Waals surface area contributed by atoms with Crippen LogP contribution in [0.1, 0.15) is 22.5 Å². The fraction of sp³-hybridized carbons (Fsp3) is 0.217. The van der Waals surface area contributed by atoms with Gasteiger partial charge in [-0.2, -0.15) is 18.3 Å². The normalized spacial score (nSPS) is 11.7. The van der Waals surface area contributed by atoms with Crippen LogP contribution in [-0.2, 0) is 11.3 Å². The lowest BCUT2D eigenvalue weighted by Crippen LogP contribution is -2.37. The highest BCUT2D eigenvalue weighted by Gasteiger charge is 2.33. The largest absolute Gasteiger partial charge is 0.406 e. The number of carbonyl (C=O) groups excluding carboxylic acids is 1. The van der Waals surface area contributed by atoms with Gasteiger partial charge in [-0.15, -0.1) is 0 Å². The second kappa shape index (κ2) is 9.68. The Balaban J connectivity index is 1.89. The number of carbonyl (C=O) groups is 1. The first kappa shape index (κ1) is 23.7. The Morgan fingerprint density at radius 1 is 1.12 bits per heavy atom. The molecule has 33 heavy (non-hydrogen) atoms. The smallest absolute Gasteiger partial charge is 0.325 e. The molecule has 1 aromatic heterocycles. The van der Waals surface area contributed by atoms with Crippen molar-refractivity contribution < 1.29 is 22.9 Å². The first-order valence-corrected chi connectivity index (χ1v) is 9.94. The molecule has 2 aromatic carbocycles. The Kier molecular flexibility index (Phi) is 6.95. The molecular weight excluding hydrogens is 437 g/mol. The van der Waals surface area contributed by atoms with E-state index in [1.54, 1.807) is 18.5 Å². The van der Waals surface area contributed by atoms with Gasteiger partial charge in [0.2, 0.25) is 5.91 Å². The number of rotatable bonds is 7. The second-order valence-electron chi connectivity index (χ2n) is 7.36. The van der Waals surface area contributed by atoms with E-state index in [4.69, 9.17) is 0 Å². The van der Waals surface area contributed by atoms with Crippen LogP contribution >= 0.6 is 0 Å². The van der Waals surface area contributed by atoms with E-state index in [9.17, 15) is 28.1 Å². The minimum Gasteiger partial charge on any atom is -0.325 e. The number of hydrogen-bond acceptors (Lipinski definition) is 4. The molecule has 0 radical (unpaired) electrons. The van der Waals surface area contributed by atoms with Crippen LogP contribution < -0.4 is 0 Å². The maximum Gasteiger partial charge on any atom is 0.406 e. The third kappa shape index (κ3) is 5.85. The van der Waals surface area contributed by atoms with E-state index in [-0.39, 0.29) is 11.3 Å². The van der Waals surface area contributed by atoms with Crippen LogP contribution in [-0.4, -0.2) is 38.2 Å². The third-order valence-corrected chi connectivity index (χ3v) is 4.97. The molecule has 0 N–H and O–H groups in total. The Morgan fingerprint density at radius 3 is 2.39 bits per heavy atom. The monoisotopic (exact) mass is 458 g/mol. The molecule has 0 aliphatic carbocycles. The molecule has 0 saturated carbocycles. The lowest BCUT2D eigenvalue weighted by atomic mass is 10.1. The SMILES string of the molecule is Cc1nn(-c2ccccc2)c(C)c1/C=C/C(=O)N(Cc1ccccc1[N+](=O)[O-])CC(F)(F)F. The number of halogens is 3. The van der Waals surface area contributed by atoms with Crippen LogP contribution in [0, 0.1) is 24.0 Å². The van der Waals surface area contributed by atoms with E-state index in [1.165, 1.54) is 30.3 Å². The van der Waals surface area contributed by atoms with E-state index in [1.807, 2.05) is 30.3 Å². The van der Waals surface area contributed by atoms with Gasteiger partial charge >= 0.3 is 6.18 Å². The molecule has 3 aromatic rings. The average molecular weight is 458 g/mol. The summed E-state index contributed by atoms with van der Waals surface area (Å²) in [5, 5.41) is 15.7. The Bertz CT molecular complexity index is 1190. The van der Waals surface area contributed by atoms with Crippen molar-refractivity contribution in [3.05, 3.63) is 93.3 Å². The summed E-state index contributed by atoms with van der Waals surface area (Å²) in [6.07, 6.45) is -2.22. The second-order valence-corrected chi connectivity index (χ2v) is 7.36. The quantitative estimate of drug-likeness (QED) is 0.283. The number of para-hydroxylation sites is 2. The molecule has 0 unspecified atom stereocenters. The van der Waals surface area contributed by atoms with Crippen LogP contribution in [0.25, 0.3) is 11.8 Å². The third-order valence-electron chi connectivity index (χ3n) is 4.97. The molecule has 1 amide bonds. The number of nitrogens with zero attached hydrogens (tertiary/aromatic N) is 4. The summed E-state index contributed by atoms with van der Waals surface area (Å²) in [6.45, 7) is 1.43. The molecule has 0 fully saturated rings. The Morgan fingerprint density at radius 2 is 1.76 bits per heavy atom. The predicted molar refractivity (Wildman–Crippen MR) is 117 cm³/mol. The highest BCUT2D eigenvalue weighted by molar-refractivity contribution is 5.92. The van der Waals surface area contributed by atoms with Gasteiger partial charge in [0.25, 0.3) is 5.69 Å². The molecule has 0 aliphatic heterocycles. The summed E-state index contributed by atoms with van der Waals surface area (Å²) >= 11 is 0. The van der Waals surface area contributed by atoms with Crippen LogP contribution in [0.4, 0.5) is 18.9 Å². The topological polar surface area (TPSA) is 81.3 Å². The van der Waals surface area contributed by atoms with Gasteiger partial charge in [0, 0.05) is 29.0 Å². The van der Waals surface area contributed by atoms with E-state index in [2.05, 4.69) is 5.10 Å². The molecule has 0 spiro atoms. The lowest BCUT2D eigenvalue weighted by molar-refractivity contribution is -0.385. The molecule has 1 heterocycles. The summed E-state index contributed by atoms with van der Waals surface area (Å²) in [5.74, 6) is -0.920. The van der Waals surface area contributed by atoms with Crippen molar-refractivity contribution >= 4 is 17.7 Å². The first-order valence-electron chi connectivity index (χ1n) is 9.94. The standard InChI is InChI=1S/C23H21F3N4O3/c1-16-20(17(2)29(27-16)19-9-4-3-5-10-19)12-13-22(31)28(15-23(24,25)26)14-18-8-6-7-11-21(18)30(32)33/h3-13H,14-15H2,1-2H3/b13-12+. The number of amides is 1. The van der Waals surface area contributed by atoms with Gasteiger partial charge in [-0.25, -0.2) is 4.68 Å². The molecule has 172 valence electrons. The number of aryl methyl sites for hydroxylation is 1. The lowest BCUT2D eigenvalue weighted by Gasteiger charge is -2.22. The molecule has 0 aliphatic rings. The van der Waals surface area contributed by atoms with Crippen molar-refractivity contribution in [1.29, 1.82) is 0 Å². The number of benzene rings is 2. The fourth-order valence-corrected chi connectivity index (χ4v) is 3.43. The van der Waals surface area contributed by atoms with Crippen molar-refractivity contribution in [1.82, 2.24) is 14.7 Å². The Hall–Kier alpha value is -3.95. The zero-order valence-corrected chi connectivity index (χ0v) is 17.9. The van der Waals surface area contributed by atoms with Crippen molar-refractivity contribution in [2.45, 2.75) is 26.6 Å².